The van der Waals surface area contributed by atoms with Gasteiger partial charge in [0.15, 0.2) is 0 Å². The Hall–Kier alpha value is -0.950. The fraction of sp³-hybridized carbons (Fsp3) is 0.778. The fourth-order valence-electron chi connectivity index (χ4n) is 0.854. The van der Waals surface area contributed by atoms with Crippen LogP contribution in [-0.4, -0.2) is 67.4 Å². The number of nitrogens with zero attached hydrogens (tertiary/aromatic N) is 1. The molecular formula is C9H18N2O4S. The normalized spacial score (nSPS) is 9.88. The lowest BCUT2D eigenvalue weighted by Crippen LogP contribution is -2.40. The number of thioether (sulfide) groups is 1. The molecule has 0 aromatic rings. The number of rotatable bonds is 8. The summed E-state index contributed by atoms with van der Waals surface area (Å²) in [4.78, 5) is 23.1. The molecule has 0 rings (SSSR count). The Morgan fingerprint density at radius 3 is 2.75 bits per heavy atom. The van der Waals surface area contributed by atoms with E-state index in [9.17, 15) is 9.59 Å². The summed E-state index contributed by atoms with van der Waals surface area (Å²) in [6.07, 6.45) is 1.98. The molecule has 0 spiro atoms. The summed E-state index contributed by atoms with van der Waals surface area (Å²) in [6, 6.07) is -0.173. The Kier molecular flexibility index (Phi) is 8.74. The molecule has 0 fully saturated rings. The van der Waals surface area contributed by atoms with E-state index >= 15 is 0 Å². The highest BCUT2D eigenvalue weighted by molar-refractivity contribution is 7.98. The number of carbonyl (C=O) groups is 2. The highest BCUT2D eigenvalue weighted by Crippen LogP contribution is 1.93. The van der Waals surface area contributed by atoms with Crippen LogP contribution in [0.15, 0.2) is 0 Å². The van der Waals surface area contributed by atoms with Crippen LogP contribution in [0.5, 0.6) is 0 Å². The Morgan fingerprint density at radius 2 is 2.19 bits per heavy atom. The first kappa shape index (κ1) is 15.0. The average molecular weight is 250 g/mol. The van der Waals surface area contributed by atoms with Crippen LogP contribution in [0.25, 0.3) is 0 Å². The van der Waals surface area contributed by atoms with E-state index in [0.29, 0.717) is 13.1 Å². The molecular weight excluding hydrogens is 232 g/mol. The van der Waals surface area contributed by atoms with Crippen LogP contribution >= 0.6 is 11.8 Å². The van der Waals surface area contributed by atoms with Crippen molar-refractivity contribution in [3.8, 4) is 0 Å². The van der Waals surface area contributed by atoms with Gasteiger partial charge in [-0.05, 0) is 6.26 Å². The van der Waals surface area contributed by atoms with Gasteiger partial charge in [0.2, 0.25) is 0 Å². The van der Waals surface area contributed by atoms with Crippen molar-refractivity contribution in [2.45, 2.75) is 0 Å². The van der Waals surface area contributed by atoms with Gasteiger partial charge in [-0.25, -0.2) is 9.59 Å². The van der Waals surface area contributed by atoms with Crippen molar-refractivity contribution in [2.24, 2.45) is 0 Å². The summed E-state index contributed by atoms with van der Waals surface area (Å²) < 4.78 is 4.77. The second-order valence-electron chi connectivity index (χ2n) is 3.09. The van der Waals surface area contributed by atoms with E-state index in [-0.39, 0.29) is 19.2 Å². The maximum Gasteiger partial charge on any atom is 0.329 e. The Labute approximate surface area is 99.3 Å². The van der Waals surface area contributed by atoms with E-state index in [1.54, 1.807) is 23.7 Å². The molecule has 0 aromatic heterocycles. The lowest BCUT2D eigenvalue weighted by atomic mass is 10.6. The van der Waals surface area contributed by atoms with Crippen LogP contribution < -0.4 is 5.32 Å². The van der Waals surface area contributed by atoms with Gasteiger partial charge in [-0.2, -0.15) is 11.8 Å². The van der Waals surface area contributed by atoms with Gasteiger partial charge >= 0.3 is 12.0 Å². The molecule has 6 nitrogen and oxygen atoms in total. The van der Waals surface area contributed by atoms with Crippen LogP contribution in [0.3, 0.4) is 0 Å². The van der Waals surface area contributed by atoms with Gasteiger partial charge in [0, 0.05) is 25.9 Å². The molecule has 0 atom stereocenters. The van der Waals surface area contributed by atoms with Crippen molar-refractivity contribution in [1.29, 1.82) is 0 Å². The van der Waals surface area contributed by atoms with Crippen molar-refractivity contribution in [2.75, 3.05) is 45.4 Å². The summed E-state index contributed by atoms with van der Waals surface area (Å²) in [6.45, 7) is 0.866. The number of carboxylic acid groups (broad SMARTS) is 1. The number of ether oxygens (including phenoxy) is 1. The van der Waals surface area contributed by atoms with E-state index in [1.165, 1.54) is 0 Å². The zero-order chi connectivity index (χ0) is 12.4. The summed E-state index contributed by atoms with van der Waals surface area (Å²) in [5.41, 5.74) is 0. The van der Waals surface area contributed by atoms with Crippen molar-refractivity contribution < 1.29 is 19.4 Å². The van der Waals surface area contributed by atoms with E-state index < -0.39 is 5.97 Å². The first-order valence-corrected chi connectivity index (χ1v) is 6.24. The topological polar surface area (TPSA) is 78.9 Å². The molecule has 7 heteroatoms. The van der Waals surface area contributed by atoms with Crippen LogP contribution in [0.2, 0.25) is 0 Å². The molecule has 0 radical (unpaired) electrons. The molecule has 2 amide bonds. The number of carboxylic acids is 1. The minimum atomic E-state index is -1.01. The smallest absolute Gasteiger partial charge is 0.329 e. The predicted octanol–water partition coefficient (Wildman–Crippen LogP) is 0.0920. The SMILES string of the molecule is CSCCN(C)C(=O)NCCOCC(=O)O. The van der Waals surface area contributed by atoms with Gasteiger partial charge in [-0.1, -0.05) is 0 Å². The first-order valence-electron chi connectivity index (χ1n) is 4.85. The van der Waals surface area contributed by atoms with Gasteiger partial charge in [0.1, 0.15) is 6.61 Å². The number of amides is 2. The monoisotopic (exact) mass is 250 g/mol. The minimum Gasteiger partial charge on any atom is -0.480 e. The van der Waals surface area contributed by atoms with Crippen LogP contribution in [-0.2, 0) is 9.53 Å². The highest BCUT2D eigenvalue weighted by atomic mass is 32.2. The number of nitrogens with one attached hydrogen (secondary N) is 1. The molecule has 0 saturated heterocycles. The lowest BCUT2D eigenvalue weighted by Gasteiger charge is -2.17. The van der Waals surface area contributed by atoms with Crippen LogP contribution in [0, 0.1) is 0 Å². The molecule has 0 aromatic carbocycles. The second kappa shape index (κ2) is 9.29. The van der Waals surface area contributed by atoms with Gasteiger partial charge < -0.3 is 20.1 Å². The van der Waals surface area contributed by atoms with Crippen LogP contribution in [0.4, 0.5) is 4.79 Å². The highest BCUT2D eigenvalue weighted by Gasteiger charge is 2.06. The molecule has 0 saturated carbocycles. The molecule has 0 bridgehead atoms. The maximum absolute atomic E-state index is 11.4. The molecule has 0 aliphatic carbocycles. The lowest BCUT2D eigenvalue weighted by molar-refractivity contribution is -0.142. The van der Waals surface area contributed by atoms with Crippen molar-refractivity contribution in [3.63, 3.8) is 0 Å². The summed E-state index contributed by atoms with van der Waals surface area (Å²) in [5, 5.41) is 10.9. The van der Waals surface area contributed by atoms with Gasteiger partial charge in [0.05, 0.1) is 6.61 Å². The third-order valence-corrected chi connectivity index (χ3v) is 2.32. The quantitative estimate of drug-likeness (QED) is 0.597. The van der Waals surface area contributed by atoms with E-state index in [0.717, 1.165) is 5.75 Å². The number of urea groups is 1. The summed E-state index contributed by atoms with van der Waals surface area (Å²) >= 11 is 1.67. The largest absolute Gasteiger partial charge is 0.480 e. The maximum atomic E-state index is 11.4. The first-order chi connectivity index (χ1) is 7.57. The molecule has 0 unspecified atom stereocenters. The van der Waals surface area contributed by atoms with Crippen LogP contribution in [0.1, 0.15) is 0 Å². The fourth-order valence-corrected chi connectivity index (χ4v) is 1.31. The number of carbonyl (C=O) groups excluding carboxylic acids is 1. The number of hydrogen-bond donors (Lipinski definition) is 2. The van der Waals surface area contributed by atoms with E-state index in [4.69, 9.17) is 9.84 Å². The van der Waals surface area contributed by atoms with E-state index in [1.807, 2.05) is 6.26 Å². The van der Waals surface area contributed by atoms with Gasteiger partial charge in [0.25, 0.3) is 0 Å². The Bertz CT molecular complexity index is 226. The third-order valence-electron chi connectivity index (χ3n) is 1.73. The predicted molar refractivity (Wildman–Crippen MR) is 62.9 cm³/mol. The molecule has 0 heterocycles. The average Bonchev–Trinajstić information content (AvgIpc) is 2.24. The molecule has 94 valence electrons. The van der Waals surface area contributed by atoms with Crippen molar-refractivity contribution >= 4 is 23.8 Å². The van der Waals surface area contributed by atoms with Gasteiger partial charge in [-0.15, -0.1) is 0 Å². The van der Waals surface area contributed by atoms with Crippen molar-refractivity contribution in [1.82, 2.24) is 10.2 Å². The summed E-state index contributed by atoms with van der Waals surface area (Å²) in [7, 11) is 1.71. The zero-order valence-corrected chi connectivity index (χ0v) is 10.4. The molecule has 2 N–H and O–H groups in total. The second-order valence-corrected chi connectivity index (χ2v) is 4.08. The minimum absolute atomic E-state index is 0.173. The molecule has 0 aliphatic rings. The number of aliphatic carboxylic acids is 1. The third kappa shape index (κ3) is 8.37. The van der Waals surface area contributed by atoms with E-state index in [2.05, 4.69) is 5.32 Å². The molecule has 16 heavy (non-hydrogen) atoms. The van der Waals surface area contributed by atoms with Gasteiger partial charge in [-0.3, -0.25) is 0 Å². The number of hydrogen-bond acceptors (Lipinski definition) is 4. The standard InChI is InChI=1S/C9H18N2O4S/c1-11(4-6-16-2)9(14)10-3-5-15-7-8(12)13/h3-7H2,1-2H3,(H,10,14)(H,12,13). The van der Waals surface area contributed by atoms with Crippen molar-refractivity contribution in [3.05, 3.63) is 0 Å². The summed E-state index contributed by atoms with van der Waals surface area (Å²) in [5.74, 6) is -0.122. The zero-order valence-electron chi connectivity index (χ0n) is 9.56. The Balaban J connectivity index is 3.45. The Morgan fingerprint density at radius 1 is 1.50 bits per heavy atom. The molecule has 0 aliphatic heterocycles.